The van der Waals surface area contributed by atoms with Crippen LogP contribution in [0.15, 0.2) is 12.2 Å². The number of ether oxygens (including phenoxy) is 1. The van der Waals surface area contributed by atoms with Gasteiger partial charge in [-0.15, -0.1) is 0 Å². The summed E-state index contributed by atoms with van der Waals surface area (Å²) in [6.07, 6.45) is 26.5. The SMILES string of the molecule is CCCCCCC/C=C\CCCCCCCCCCOCC1CCN(C(=O)CCN)C1. The Hall–Kier alpha value is -0.870. The van der Waals surface area contributed by atoms with Crippen LogP contribution in [0.3, 0.4) is 0 Å². The fraction of sp³-hybridized carbons (Fsp3) is 0.889. The van der Waals surface area contributed by atoms with Crippen LogP contribution in [0, 0.1) is 5.92 Å². The summed E-state index contributed by atoms with van der Waals surface area (Å²) in [7, 11) is 0. The molecule has 1 fully saturated rings. The quantitative estimate of drug-likeness (QED) is 0.162. The van der Waals surface area contributed by atoms with Crippen LogP contribution in [0.25, 0.3) is 0 Å². The van der Waals surface area contributed by atoms with Crippen LogP contribution in [-0.4, -0.2) is 43.7 Å². The number of allylic oxidation sites excluding steroid dienone is 2. The van der Waals surface area contributed by atoms with Crippen LogP contribution in [-0.2, 0) is 9.53 Å². The highest BCUT2D eigenvalue weighted by Crippen LogP contribution is 2.17. The molecule has 1 heterocycles. The summed E-state index contributed by atoms with van der Waals surface area (Å²) in [5.74, 6) is 0.719. The van der Waals surface area contributed by atoms with E-state index in [0.717, 1.165) is 32.7 Å². The average Bonchev–Trinajstić information content (AvgIpc) is 3.25. The first-order valence-electron chi connectivity index (χ1n) is 13.5. The monoisotopic (exact) mass is 436 g/mol. The minimum atomic E-state index is 0.203. The molecule has 0 spiro atoms. The summed E-state index contributed by atoms with van der Waals surface area (Å²) in [5.41, 5.74) is 5.47. The normalized spacial score (nSPS) is 16.6. The minimum absolute atomic E-state index is 0.203. The summed E-state index contributed by atoms with van der Waals surface area (Å²) in [6.45, 7) is 6.14. The Labute approximate surface area is 193 Å². The van der Waals surface area contributed by atoms with Crippen molar-refractivity contribution in [2.24, 2.45) is 11.7 Å². The molecule has 4 nitrogen and oxygen atoms in total. The van der Waals surface area contributed by atoms with Crippen molar-refractivity contribution in [1.82, 2.24) is 4.90 Å². The summed E-state index contributed by atoms with van der Waals surface area (Å²) in [6, 6.07) is 0. The molecule has 0 aliphatic carbocycles. The summed E-state index contributed by atoms with van der Waals surface area (Å²) < 4.78 is 5.86. The van der Waals surface area contributed by atoms with Crippen LogP contribution in [0.5, 0.6) is 0 Å². The van der Waals surface area contributed by atoms with Gasteiger partial charge in [0.1, 0.15) is 0 Å². The van der Waals surface area contributed by atoms with Gasteiger partial charge in [0.15, 0.2) is 0 Å². The van der Waals surface area contributed by atoms with E-state index in [-0.39, 0.29) is 5.91 Å². The van der Waals surface area contributed by atoms with E-state index in [4.69, 9.17) is 10.5 Å². The van der Waals surface area contributed by atoms with Crippen molar-refractivity contribution in [3.63, 3.8) is 0 Å². The van der Waals surface area contributed by atoms with E-state index in [1.807, 2.05) is 4.90 Å². The predicted octanol–water partition coefficient (Wildman–Crippen LogP) is 6.63. The third-order valence-electron chi connectivity index (χ3n) is 6.40. The second-order valence-electron chi connectivity index (χ2n) is 9.40. The van der Waals surface area contributed by atoms with E-state index in [2.05, 4.69) is 19.1 Å². The van der Waals surface area contributed by atoms with Gasteiger partial charge in [0.2, 0.25) is 5.91 Å². The molecule has 31 heavy (non-hydrogen) atoms. The number of carbonyl (C=O) groups excluding carboxylic acids is 1. The largest absolute Gasteiger partial charge is 0.381 e. The molecule has 0 aromatic carbocycles. The van der Waals surface area contributed by atoms with Crippen molar-refractivity contribution in [2.75, 3.05) is 32.8 Å². The Morgan fingerprint density at radius 3 is 2.10 bits per heavy atom. The van der Waals surface area contributed by atoms with Crippen molar-refractivity contribution in [3.8, 4) is 0 Å². The van der Waals surface area contributed by atoms with E-state index in [1.165, 1.54) is 96.3 Å². The average molecular weight is 437 g/mol. The van der Waals surface area contributed by atoms with Gasteiger partial charge in [-0.1, -0.05) is 83.3 Å². The Balaban J connectivity index is 1.76. The Kier molecular flexibility index (Phi) is 19.1. The molecule has 1 atom stereocenters. The summed E-state index contributed by atoms with van der Waals surface area (Å²) >= 11 is 0. The molecule has 1 saturated heterocycles. The molecule has 1 aliphatic heterocycles. The number of nitrogens with zero attached hydrogens (tertiary/aromatic N) is 1. The maximum atomic E-state index is 11.8. The fourth-order valence-corrected chi connectivity index (χ4v) is 4.36. The molecule has 1 unspecified atom stereocenters. The standard InChI is InChI=1S/C27H52N2O2/c1-2-3-4-5-6-7-8-9-10-11-12-13-14-15-16-17-18-23-31-25-26-20-22-29(24-26)27(30)19-21-28/h8-9,26H,2-7,10-25,28H2,1H3/b9-8-. The predicted molar refractivity (Wildman–Crippen MR) is 133 cm³/mol. The van der Waals surface area contributed by atoms with Crippen LogP contribution in [0.4, 0.5) is 0 Å². The second-order valence-corrected chi connectivity index (χ2v) is 9.40. The van der Waals surface area contributed by atoms with Gasteiger partial charge in [-0.3, -0.25) is 4.79 Å². The van der Waals surface area contributed by atoms with Crippen molar-refractivity contribution in [2.45, 2.75) is 116 Å². The topological polar surface area (TPSA) is 55.6 Å². The lowest BCUT2D eigenvalue weighted by atomic mass is 10.1. The van der Waals surface area contributed by atoms with Gasteiger partial charge in [-0.25, -0.2) is 0 Å². The highest BCUT2D eigenvalue weighted by atomic mass is 16.5. The number of likely N-dealkylation sites (tertiary alicyclic amines) is 1. The van der Waals surface area contributed by atoms with Gasteiger partial charge >= 0.3 is 0 Å². The first-order chi connectivity index (χ1) is 15.3. The number of unbranched alkanes of at least 4 members (excludes halogenated alkanes) is 13. The molecule has 0 bridgehead atoms. The van der Waals surface area contributed by atoms with Gasteiger partial charge in [0.25, 0.3) is 0 Å². The zero-order valence-corrected chi connectivity index (χ0v) is 20.6. The van der Waals surface area contributed by atoms with Crippen molar-refractivity contribution in [1.29, 1.82) is 0 Å². The lowest BCUT2D eigenvalue weighted by Gasteiger charge is -2.16. The van der Waals surface area contributed by atoms with Gasteiger partial charge in [0, 0.05) is 38.6 Å². The smallest absolute Gasteiger partial charge is 0.223 e. The molecule has 0 radical (unpaired) electrons. The maximum Gasteiger partial charge on any atom is 0.223 e. The van der Waals surface area contributed by atoms with E-state index >= 15 is 0 Å². The van der Waals surface area contributed by atoms with E-state index in [0.29, 0.717) is 18.9 Å². The van der Waals surface area contributed by atoms with E-state index in [9.17, 15) is 4.79 Å². The molecule has 1 amide bonds. The van der Waals surface area contributed by atoms with Gasteiger partial charge in [0.05, 0.1) is 6.61 Å². The Morgan fingerprint density at radius 2 is 1.48 bits per heavy atom. The van der Waals surface area contributed by atoms with Gasteiger partial charge in [-0.05, 0) is 38.5 Å². The van der Waals surface area contributed by atoms with Crippen molar-refractivity contribution in [3.05, 3.63) is 12.2 Å². The lowest BCUT2D eigenvalue weighted by molar-refractivity contribution is -0.130. The zero-order valence-electron chi connectivity index (χ0n) is 20.6. The molecule has 0 aromatic heterocycles. The summed E-state index contributed by atoms with van der Waals surface area (Å²) in [4.78, 5) is 13.8. The fourth-order valence-electron chi connectivity index (χ4n) is 4.36. The molecule has 1 aliphatic rings. The van der Waals surface area contributed by atoms with Crippen LogP contribution < -0.4 is 5.73 Å². The first kappa shape index (κ1) is 28.2. The molecule has 0 aromatic rings. The molecule has 1 rings (SSSR count). The molecule has 182 valence electrons. The highest BCUT2D eigenvalue weighted by molar-refractivity contribution is 5.76. The second kappa shape index (κ2) is 21.0. The van der Waals surface area contributed by atoms with Gasteiger partial charge in [-0.2, -0.15) is 0 Å². The van der Waals surface area contributed by atoms with Crippen molar-refractivity contribution >= 4 is 5.91 Å². The molecular weight excluding hydrogens is 384 g/mol. The number of rotatable bonds is 21. The highest BCUT2D eigenvalue weighted by Gasteiger charge is 2.25. The first-order valence-corrected chi connectivity index (χ1v) is 13.5. The number of nitrogens with two attached hydrogens (primary N) is 1. The number of hydrogen-bond acceptors (Lipinski definition) is 3. The van der Waals surface area contributed by atoms with Gasteiger partial charge < -0.3 is 15.4 Å². The van der Waals surface area contributed by atoms with Crippen molar-refractivity contribution < 1.29 is 9.53 Å². The molecular formula is C27H52N2O2. The number of amides is 1. The number of hydrogen-bond donors (Lipinski definition) is 1. The lowest BCUT2D eigenvalue weighted by Crippen LogP contribution is -2.30. The third-order valence-corrected chi connectivity index (χ3v) is 6.40. The molecule has 2 N–H and O–H groups in total. The minimum Gasteiger partial charge on any atom is -0.381 e. The van der Waals surface area contributed by atoms with Crippen LogP contribution in [0.2, 0.25) is 0 Å². The maximum absolute atomic E-state index is 11.8. The third kappa shape index (κ3) is 16.4. The summed E-state index contributed by atoms with van der Waals surface area (Å²) in [5, 5.41) is 0. The Morgan fingerprint density at radius 1 is 0.903 bits per heavy atom. The van der Waals surface area contributed by atoms with Crippen LogP contribution in [0.1, 0.15) is 116 Å². The van der Waals surface area contributed by atoms with E-state index < -0.39 is 0 Å². The van der Waals surface area contributed by atoms with Crippen LogP contribution >= 0.6 is 0 Å². The Bertz CT molecular complexity index is 439. The molecule has 4 heteroatoms. The molecule has 0 saturated carbocycles. The number of carbonyl (C=O) groups is 1. The van der Waals surface area contributed by atoms with E-state index in [1.54, 1.807) is 0 Å². The zero-order chi connectivity index (χ0) is 22.4.